The number of rotatable bonds is 10. The molecule has 2 rings (SSSR count). The molecule has 4 heteroatoms. The summed E-state index contributed by atoms with van der Waals surface area (Å²) in [6.45, 7) is 4.00. The number of benzene rings is 2. The molecule has 0 amide bonds. The van der Waals surface area contributed by atoms with Gasteiger partial charge in [-0.05, 0) is 55.4 Å². The Kier molecular flexibility index (Phi) is 12.4. The van der Waals surface area contributed by atoms with Gasteiger partial charge in [-0.3, -0.25) is 0 Å². The van der Waals surface area contributed by atoms with E-state index in [0.29, 0.717) is 17.9 Å². The van der Waals surface area contributed by atoms with Crippen LogP contribution in [-0.4, -0.2) is 18.2 Å². The molecule has 1 N–H and O–H groups in total. The molecule has 160 valence electrons. The Morgan fingerprint density at radius 2 is 1.80 bits per heavy atom. The van der Waals surface area contributed by atoms with Crippen LogP contribution in [0.1, 0.15) is 67.4 Å². The summed E-state index contributed by atoms with van der Waals surface area (Å²) in [4.78, 5) is 11.5. The van der Waals surface area contributed by atoms with E-state index in [1.807, 2.05) is 50.3 Å². The van der Waals surface area contributed by atoms with Crippen LogP contribution < -0.4 is 0 Å². The average molecular weight is 408 g/mol. The van der Waals surface area contributed by atoms with Crippen molar-refractivity contribution in [3.05, 3.63) is 71.3 Å². The van der Waals surface area contributed by atoms with Crippen molar-refractivity contribution in [1.82, 2.24) is 0 Å². The second-order valence-electron chi connectivity index (χ2n) is 6.81. The van der Waals surface area contributed by atoms with Crippen LogP contribution >= 0.6 is 0 Å². The highest BCUT2D eigenvalue weighted by Gasteiger charge is 2.08. The molecule has 2 aromatic carbocycles. The highest BCUT2D eigenvalue weighted by molar-refractivity contribution is 5.89. The predicted octanol–water partition coefficient (Wildman–Crippen LogP) is 6.55. The third-order valence-electron chi connectivity index (χ3n) is 4.78. The van der Waals surface area contributed by atoms with Gasteiger partial charge in [0.25, 0.3) is 0 Å². The molecule has 0 spiro atoms. The van der Waals surface area contributed by atoms with E-state index in [1.165, 1.54) is 12.7 Å². The van der Waals surface area contributed by atoms with E-state index >= 15 is 0 Å². The highest BCUT2D eigenvalue weighted by Crippen LogP contribution is 2.23. The van der Waals surface area contributed by atoms with E-state index in [4.69, 9.17) is 10.00 Å². The first-order valence-electron chi connectivity index (χ1n) is 10.6. The maximum absolute atomic E-state index is 11.5. The Morgan fingerprint density at radius 1 is 1.10 bits per heavy atom. The molecule has 0 aliphatic heterocycles. The van der Waals surface area contributed by atoms with Crippen molar-refractivity contribution in [3.8, 4) is 11.8 Å². The lowest BCUT2D eigenvalue weighted by Gasteiger charge is -2.13. The zero-order chi connectivity index (χ0) is 22.2. The number of allylic oxidation sites excluding steroid dienone is 1. The van der Waals surface area contributed by atoms with Crippen LogP contribution in [0.25, 0.3) is 6.08 Å². The molecule has 0 aromatic heterocycles. The third-order valence-corrected chi connectivity index (χ3v) is 4.78. The van der Waals surface area contributed by atoms with Gasteiger partial charge in [-0.15, -0.1) is 0 Å². The lowest BCUT2D eigenvalue weighted by molar-refractivity contribution is 0.0600. The van der Waals surface area contributed by atoms with Gasteiger partial charge in [-0.1, -0.05) is 62.8 Å². The Labute approximate surface area is 180 Å². The number of phenols is 1. The Balaban J connectivity index is 0.00000218. The number of hydrogen-bond acceptors (Lipinski definition) is 4. The lowest BCUT2D eigenvalue weighted by Crippen LogP contribution is -2.02. The van der Waals surface area contributed by atoms with Crippen molar-refractivity contribution >= 4 is 12.0 Å². The van der Waals surface area contributed by atoms with Crippen molar-refractivity contribution in [3.63, 3.8) is 0 Å². The van der Waals surface area contributed by atoms with E-state index in [2.05, 4.69) is 12.1 Å². The van der Waals surface area contributed by atoms with Crippen LogP contribution in [-0.2, 0) is 11.2 Å². The Morgan fingerprint density at radius 3 is 2.43 bits per heavy atom. The van der Waals surface area contributed by atoms with E-state index in [9.17, 15) is 9.90 Å². The molecule has 4 nitrogen and oxygen atoms in total. The van der Waals surface area contributed by atoms with E-state index in [0.717, 1.165) is 37.7 Å². The normalized spacial score (nSPS) is 11.3. The number of methoxy groups -OCH3 is 1. The number of esters is 1. The molecule has 1 unspecified atom stereocenters. The fourth-order valence-corrected chi connectivity index (χ4v) is 3.09. The molecule has 0 radical (unpaired) electrons. The third kappa shape index (κ3) is 8.96. The molecular formula is C26H33NO3. The van der Waals surface area contributed by atoms with Gasteiger partial charge in [0.2, 0.25) is 0 Å². The fraction of sp³-hybridized carbons (Fsp3) is 0.385. The van der Waals surface area contributed by atoms with Crippen LogP contribution in [0, 0.1) is 17.2 Å². The van der Waals surface area contributed by atoms with Gasteiger partial charge in [-0.2, -0.15) is 5.26 Å². The van der Waals surface area contributed by atoms with Crippen molar-refractivity contribution in [2.24, 2.45) is 5.92 Å². The quantitative estimate of drug-likeness (QED) is 0.358. The number of phenolic OH excluding ortho intramolecular Hbond substituents is 1. The summed E-state index contributed by atoms with van der Waals surface area (Å²) >= 11 is 0. The van der Waals surface area contributed by atoms with Gasteiger partial charge in [0.05, 0.1) is 18.7 Å². The number of para-hydroxylation sites is 1. The SMILES string of the molecule is CC.COC(=O)c1ccc(CCC(/C=C/c2ccccc2O)CCCCC#N)cc1. The summed E-state index contributed by atoms with van der Waals surface area (Å²) in [5.41, 5.74) is 2.54. The second kappa shape index (κ2) is 14.9. The zero-order valence-electron chi connectivity index (χ0n) is 18.3. The number of carbonyl (C=O) groups is 1. The van der Waals surface area contributed by atoms with Crippen molar-refractivity contribution in [2.75, 3.05) is 7.11 Å². The Hall–Kier alpha value is -3.06. The number of ether oxygens (including phenoxy) is 1. The first-order valence-corrected chi connectivity index (χ1v) is 10.6. The van der Waals surface area contributed by atoms with Crippen LogP contribution in [0.2, 0.25) is 0 Å². The van der Waals surface area contributed by atoms with Gasteiger partial charge in [0.1, 0.15) is 5.75 Å². The van der Waals surface area contributed by atoms with Gasteiger partial charge >= 0.3 is 5.97 Å². The molecule has 0 bridgehead atoms. The van der Waals surface area contributed by atoms with Crippen LogP contribution in [0.5, 0.6) is 5.75 Å². The van der Waals surface area contributed by atoms with E-state index in [1.54, 1.807) is 18.2 Å². The van der Waals surface area contributed by atoms with Crippen LogP contribution in [0.15, 0.2) is 54.6 Å². The fourth-order valence-electron chi connectivity index (χ4n) is 3.09. The smallest absolute Gasteiger partial charge is 0.337 e. The summed E-state index contributed by atoms with van der Waals surface area (Å²) in [5, 5.41) is 18.7. The maximum Gasteiger partial charge on any atom is 0.337 e. The van der Waals surface area contributed by atoms with Crippen LogP contribution in [0.4, 0.5) is 0 Å². The topological polar surface area (TPSA) is 70.3 Å². The molecule has 1 atom stereocenters. The molecule has 0 aliphatic carbocycles. The second-order valence-corrected chi connectivity index (χ2v) is 6.81. The molecule has 2 aromatic rings. The maximum atomic E-state index is 11.5. The number of carbonyl (C=O) groups excluding carboxylic acids is 1. The van der Waals surface area contributed by atoms with Crippen molar-refractivity contribution in [2.45, 2.75) is 52.4 Å². The lowest BCUT2D eigenvalue weighted by atomic mass is 9.92. The molecule has 0 aliphatic rings. The van der Waals surface area contributed by atoms with Gasteiger partial charge in [0.15, 0.2) is 0 Å². The minimum Gasteiger partial charge on any atom is -0.507 e. The number of nitrogens with zero attached hydrogens (tertiary/aromatic N) is 1. The molecule has 0 saturated carbocycles. The van der Waals surface area contributed by atoms with Crippen LogP contribution in [0.3, 0.4) is 0 Å². The number of aryl methyl sites for hydroxylation is 1. The van der Waals surface area contributed by atoms with Gasteiger partial charge in [-0.25, -0.2) is 4.79 Å². The minimum absolute atomic E-state index is 0.278. The average Bonchev–Trinajstić information content (AvgIpc) is 2.80. The molecule has 0 heterocycles. The van der Waals surface area contributed by atoms with E-state index < -0.39 is 0 Å². The van der Waals surface area contributed by atoms with Crippen molar-refractivity contribution < 1.29 is 14.6 Å². The first kappa shape index (κ1) is 25.0. The predicted molar refractivity (Wildman–Crippen MR) is 122 cm³/mol. The zero-order valence-corrected chi connectivity index (χ0v) is 18.3. The molecule has 30 heavy (non-hydrogen) atoms. The summed E-state index contributed by atoms with van der Waals surface area (Å²) in [7, 11) is 1.38. The van der Waals surface area contributed by atoms with Gasteiger partial charge < -0.3 is 9.84 Å². The highest BCUT2D eigenvalue weighted by atomic mass is 16.5. The monoisotopic (exact) mass is 407 g/mol. The Bertz CT molecular complexity index is 819. The van der Waals surface area contributed by atoms with Crippen molar-refractivity contribution in [1.29, 1.82) is 5.26 Å². The number of hydrogen-bond donors (Lipinski definition) is 1. The molecular weight excluding hydrogens is 374 g/mol. The summed E-state index contributed by atoms with van der Waals surface area (Å²) < 4.78 is 4.73. The standard InChI is InChI=1S/C24H27NO3.C2H6/c1-28-24(27)22-16-13-20(14-17-22)11-10-19(7-3-2-6-18-25)12-15-21-8-4-5-9-23(21)26;1-2/h4-5,8-9,12-17,19,26H,2-3,6-7,10-11H2,1H3;1-2H3/b15-12+;. The largest absolute Gasteiger partial charge is 0.507 e. The molecule has 0 saturated heterocycles. The summed E-state index contributed by atoms with van der Waals surface area (Å²) in [5.74, 6) is 0.312. The first-order chi connectivity index (χ1) is 14.6. The van der Waals surface area contributed by atoms with E-state index in [-0.39, 0.29) is 11.7 Å². The summed E-state index contributed by atoms with van der Waals surface area (Å²) in [6, 6.07) is 17.0. The number of unbranched alkanes of at least 4 members (excludes halogenated alkanes) is 2. The number of nitriles is 1. The molecule has 0 fully saturated rings. The summed E-state index contributed by atoms with van der Waals surface area (Å²) in [6.07, 6.45) is 9.51. The number of aromatic hydroxyl groups is 1. The van der Waals surface area contributed by atoms with Gasteiger partial charge in [0, 0.05) is 12.0 Å². The minimum atomic E-state index is -0.326.